The highest BCUT2D eigenvalue weighted by Gasteiger charge is 2.05. The van der Waals surface area contributed by atoms with Crippen molar-refractivity contribution in [2.24, 2.45) is 0 Å². The monoisotopic (exact) mass is 280 g/mol. The van der Waals surface area contributed by atoms with Crippen molar-refractivity contribution in [3.63, 3.8) is 0 Å². The van der Waals surface area contributed by atoms with Gasteiger partial charge in [0.25, 0.3) is 5.91 Å². The Kier molecular flexibility index (Phi) is 7.13. The second-order valence-corrected chi connectivity index (χ2v) is 4.08. The second-order valence-electron chi connectivity index (χ2n) is 4.08. The Balaban J connectivity index is 2.24. The molecule has 0 aliphatic rings. The molecule has 0 aliphatic carbocycles. The zero-order valence-corrected chi connectivity index (χ0v) is 11.8. The molecule has 0 saturated carbocycles. The quantitative estimate of drug-likeness (QED) is 0.683. The first-order chi connectivity index (χ1) is 9.67. The standard InChI is InChI=1S/C14H20N2O4/c1-19-10-7-13(17)15-8-9-16-14(18)11-3-5-12(20-2)6-4-11/h3-6H,7-10H2,1-2H3,(H,15,17)(H,16,18). The molecule has 0 atom stereocenters. The summed E-state index contributed by atoms with van der Waals surface area (Å²) >= 11 is 0. The number of methoxy groups -OCH3 is 2. The van der Waals surface area contributed by atoms with Crippen molar-refractivity contribution in [1.82, 2.24) is 10.6 Å². The highest BCUT2D eigenvalue weighted by molar-refractivity contribution is 5.94. The van der Waals surface area contributed by atoms with Gasteiger partial charge in [-0.25, -0.2) is 0 Å². The topological polar surface area (TPSA) is 76.7 Å². The molecule has 20 heavy (non-hydrogen) atoms. The molecule has 110 valence electrons. The molecule has 0 unspecified atom stereocenters. The normalized spacial score (nSPS) is 9.90. The Morgan fingerprint density at radius 3 is 2.30 bits per heavy atom. The fourth-order valence-corrected chi connectivity index (χ4v) is 1.51. The van der Waals surface area contributed by atoms with Crippen LogP contribution in [-0.4, -0.2) is 45.7 Å². The molecule has 0 heterocycles. The van der Waals surface area contributed by atoms with Gasteiger partial charge in [0.2, 0.25) is 5.91 Å². The molecule has 0 spiro atoms. The number of hydrogen-bond donors (Lipinski definition) is 2. The van der Waals surface area contributed by atoms with Crippen molar-refractivity contribution < 1.29 is 19.1 Å². The van der Waals surface area contributed by atoms with E-state index in [-0.39, 0.29) is 11.8 Å². The van der Waals surface area contributed by atoms with E-state index in [2.05, 4.69) is 10.6 Å². The minimum Gasteiger partial charge on any atom is -0.497 e. The van der Waals surface area contributed by atoms with Crippen LogP contribution in [-0.2, 0) is 9.53 Å². The van der Waals surface area contributed by atoms with Gasteiger partial charge in [-0.15, -0.1) is 0 Å². The van der Waals surface area contributed by atoms with E-state index in [1.807, 2.05) is 0 Å². The SMILES string of the molecule is COCCC(=O)NCCNC(=O)c1ccc(OC)cc1. The molecular weight excluding hydrogens is 260 g/mol. The van der Waals surface area contributed by atoms with Gasteiger partial charge in [-0.1, -0.05) is 0 Å². The summed E-state index contributed by atoms with van der Waals surface area (Å²) in [5.41, 5.74) is 0.552. The minimum absolute atomic E-state index is 0.0921. The summed E-state index contributed by atoms with van der Waals surface area (Å²) in [5.74, 6) is 0.427. The number of ether oxygens (including phenoxy) is 2. The summed E-state index contributed by atoms with van der Waals surface area (Å²) in [6.07, 6.45) is 0.322. The molecule has 0 aliphatic heterocycles. The molecule has 0 fully saturated rings. The van der Waals surface area contributed by atoms with Crippen LogP contribution in [0, 0.1) is 0 Å². The number of carbonyl (C=O) groups is 2. The molecule has 0 saturated heterocycles. The van der Waals surface area contributed by atoms with Crippen LogP contribution in [0.5, 0.6) is 5.75 Å². The lowest BCUT2D eigenvalue weighted by Gasteiger charge is -2.07. The van der Waals surface area contributed by atoms with Crippen LogP contribution in [0.2, 0.25) is 0 Å². The van der Waals surface area contributed by atoms with Crippen molar-refractivity contribution in [2.45, 2.75) is 6.42 Å². The maximum Gasteiger partial charge on any atom is 0.251 e. The summed E-state index contributed by atoms with van der Waals surface area (Å²) in [4.78, 5) is 23.0. The lowest BCUT2D eigenvalue weighted by Crippen LogP contribution is -2.34. The van der Waals surface area contributed by atoms with Crippen molar-refractivity contribution >= 4 is 11.8 Å². The van der Waals surface area contributed by atoms with E-state index in [0.29, 0.717) is 37.4 Å². The van der Waals surface area contributed by atoms with Gasteiger partial charge < -0.3 is 20.1 Å². The predicted octanol–water partition coefficient (Wildman–Crippen LogP) is 0.578. The first-order valence-corrected chi connectivity index (χ1v) is 6.35. The summed E-state index contributed by atoms with van der Waals surface area (Å²) in [6.45, 7) is 1.16. The van der Waals surface area contributed by atoms with E-state index < -0.39 is 0 Å². The van der Waals surface area contributed by atoms with Gasteiger partial charge in [-0.2, -0.15) is 0 Å². The molecule has 2 amide bonds. The van der Waals surface area contributed by atoms with Gasteiger partial charge in [0.05, 0.1) is 13.7 Å². The van der Waals surface area contributed by atoms with Crippen LogP contribution in [0.3, 0.4) is 0 Å². The first-order valence-electron chi connectivity index (χ1n) is 6.35. The van der Waals surface area contributed by atoms with Crippen LogP contribution in [0.15, 0.2) is 24.3 Å². The van der Waals surface area contributed by atoms with Gasteiger partial charge in [0.1, 0.15) is 5.75 Å². The predicted molar refractivity (Wildman–Crippen MR) is 74.8 cm³/mol. The van der Waals surface area contributed by atoms with E-state index in [9.17, 15) is 9.59 Å². The van der Waals surface area contributed by atoms with Crippen molar-refractivity contribution in [3.8, 4) is 5.75 Å². The number of rotatable bonds is 8. The Morgan fingerprint density at radius 2 is 1.70 bits per heavy atom. The third kappa shape index (κ3) is 5.71. The zero-order valence-electron chi connectivity index (χ0n) is 11.8. The molecule has 6 nitrogen and oxygen atoms in total. The summed E-state index contributed by atoms with van der Waals surface area (Å²) in [7, 11) is 3.11. The third-order valence-electron chi connectivity index (χ3n) is 2.62. The molecule has 0 aromatic heterocycles. The van der Waals surface area contributed by atoms with Gasteiger partial charge in [-0.3, -0.25) is 9.59 Å². The number of benzene rings is 1. The first kappa shape index (κ1) is 16.0. The van der Waals surface area contributed by atoms with E-state index in [1.54, 1.807) is 38.5 Å². The number of carbonyl (C=O) groups excluding carboxylic acids is 2. The molecule has 1 aromatic rings. The molecule has 1 rings (SSSR count). The lowest BCUT2D eigenvalue weighted by molar-refractivity contribution is -0.121. The lowest BCUT2D eigenvalue weighted by atomic mass is 10.2. The van der Waals surface area contributed by atoms with Crippen LogP contribution in [0.4, 0.5) is 0 Å². The maximum atomic E-state index is 11.8. The maximum absolute atomic E-state index is 11.8. The highest BCUT2D eigenvalue weighted by Crippen LogP contribution is 2.10. The molecule has 0 bridgehead atoms. The third-order valence-corrected chi connectivity index (χ3v) is 2.62. The van der Waals surface area contributed by atoms with Crippen LogP contribution in [0.1, 0.15) is 16.8 Å². The molecule has 1 aromatic carbocycles. The van der Waals surface area contributed by atoms with Crippen LogP contribution in [0.25, 0.3) is 0 Å². The molecule has 0 radical (unpaired) electrons. The number of nitrogens with one attached hydrogen (secondary N) is 2. The average molecular weight is 280 g/mol. The van der Waals surface area contributed by atoms with Gasteiger partial charge in [0, 0.05) is 32.2 Å². The Bertz CT molecular complexity index is 431. The molecule has 2 N–H and O–H groups in total. The molecular formula is C14H20N2O4. The highest BCUT2D eigenvalue weighted by atomic mass is 16.5. The van der Waals surface area contributed by atoms with Crippen LogP contribution < -0.4 is 15.4 Å². The second kappa shape index (κ2) is 8.92. The largest absolute Gasteiger partial charge is 0.497 e. The Hall–Kier alpha value is -2.08. The van der Waals surface area contributed by atoms with Crippen LogP contribution >= 0.6 is 0 Å². The summed E-state index contributed by atoms with van der Waals surface area (Å²) in [5, 5.41) is 5.41. The van der Waals surface area contributed by atoms with Crippen molar-refractivity contribution in [1.29, 1.82) is 0 Å². The van der Waals surface area contributed by atoms with Crippen molar-refractivity contribution in [2.75, 3.05) is 33.9 Å². The Labute approximate surface area is 118 Å². The zero-order chi connectivity index (χ0) is 14.8. The van der Waals surface area contributed by atoms with Gasteiger partial charge in [-0.05, 0) is 24.3 Å². The van der Waals surface area contributed by atoms with Gasteiger partial charge in [0.15, 0.2) is 0 Å². The average Bonchev–Trinajstić information content (AvgIpc) is 2.49. The van der Waals surface area contributed by atoms with E-state index in [1.165, 1.54) is 0 Å². The summed E-state index contributed by atoms with van der Waals surface area (Å²) < 4.78 is 9.81. The van der Waals surface area contributed by atoms with E-state index >= 15 is 0 Å². The number of amides is 2. The fourth-order valence-electron chi connectivity index (χ4n) is 1.51. The van der Waals surface area contributed by atoms with E-state index in [4.69, 9.17) is 9.47 Å². The van der Waals surface area contributed by atoms with E-state index in [0.717, 1.165) is 0 Å². The Morgan fingerprint density at radius 1 is 1.05 bits per heavy atom. The minimum atomic E-state index is -0.182. The summed E-state index contributed by atoms with van der Waals surface area (Å²) in [6, 6.07) is 6.82. The molecule has 6 heteroatoms. The number of hydrogen-bond acceptors (Lipinski definition) is 4. The van der Waals surface area contributed by atoms with Gasteiger partial charge >= 0.3 is 0 Å². The smallest absolute Gasteiger partial charge is 0.251 e. The van der Waals surface area contributed by atoms with Crippen molar-refractivity contribution in [3.05, 3.63) is 29.8 Å². The fraction of sp³-hybridized carbons (Fsp3) is 0.429.